The summed E-state index contributed by atoms with van der Waals surface area (Å²) < 4.78 is 17.3. The molecule has 1 saturated heterocycles. The van der Waals surface area contributed by atoms with Crippen LogP contribution in [0.2, 0.25) is 0 Å². The molecule has 1 aromatic rings. The number of hydrogen-bond donors (Lipinski definition) is 1. The zero-order valence-corrected chi connectivity index (χ0v) is 13.0. The van der Waals surface area contributed by atoms with Crippen molar-refractivity contribution in [2.75, 3.05) is 31.7 Å². The van der Waals surface area contributed by atoms with Crippen LogP contribution in [0.3, 0.4) is 0 Å². The summed E-state index contributed by atoms with van der Waals surface area (Å²) in [5.74, 6) is -0.777. The molecule has 7 nitrogen and oxygen atoms in total. The number of aryl methyl sites for hydroxylation is 1. The molecule has 0 aromatic carbocycles. The number of ether oxygens (including phenoxy) is 3. The van der Waals surface area contributed by atoms with E-state index in [2.05, 4.69) is 5.32 Å². The van der Waals surface area contributed by atoms with Crippen molar-refractivity contribution in [3.63, 3.8) is 0 Å². The molecular formula is C15H22N2O5. The molecule has 1 fully saturated rings. The highest BCUT2D eigenvalue weighted by molar-refractivity contribution is 6.00. The number of aromatic nitrogens is 1. The van der Waals surface area contributed by atoms with Gasteiger partial charge in [0, 0.05) is 19.9 Å². The number of nitrogens with zero attached hydrogens (tertiary/aromatic N) is 1. The van der Waals surface area contributed by atoms with Crippen LogP contribution in [0.25, 0.3) is 0 Å². The molecule has 7 heteroatoms. The minimum atomic E-state index is -0.467. The molecule has 0 bridgehead atoms. The maximum Gasteiger partial charge on any atom is 0.357 e. The molecule has 1 N–H and O–H groups in total. The number of esters is 1. The zero-order valence-electron chi connectivity index (χ0n) is 13.0. The van der Waals surface area contributed by atoms with Crippen molar-refractivity contribution >= 4 is 17.6 Å². The Balaban J connectivity index is 1.84. The Labute approximate surface area is 129 Å². The summed E-state index contributed by atoms with van der Waals surface area (Å²) in [4.78, 5) is 23.8. The molecule has 1 aliphatic heterocycles. The SMILES string of the molecule is CCOC(=O)c1c(NC(=O)COC[C@H]2CCCO2)ccn1C. The van der Waals surface area contributed by atoms with E-state index in [1.807, 2.05) is 0 Å². The van der Waals surface area contributed by atoms with E-state index in [4.69, 9.17) is 14.2 Å². The molecule has 1 aromatic heterocycles. The fourth-order valence-electron chi connectivity index (χ4n) is 2.33. The Morgan fingerprint density at radius 1 is 1.50 bits per heavy atom. The summed E-state index contributed by atoms with van der Waals surface area (Å²) in [6.45, 7) is 3.11. The summed E-state index contributed by atoms with van der Waals surface area (Å²) >= 11 is 0. The Bertz CT molecular complexity index is 520. The lowest BCUT2D eigenvalue weighted by molar-refractivity contribution is -0.121. The fourth-order valence-corrected chi connectivity index (χ4v) is 2.33. The van der Waals surface area contributed by atoms with E-state index in [1.54, 1.807) is 30.8 Å². The van der Waals surface area contributed by atoms with Crippen molar-refractivity contribution in [1.82, 2.24) is 4.57 Å². The maximum atomic E-state index is 11.9. The van der Waals surface area contributed by atoms with Crippen molar-refractivity contribution in [1.29, 1.82) is 0 Å². The van der Waals surface area contributed by atoms with Gasteiger partial charge >= 0.3 is 5.97 Å². The van der Waals surface area contributed by atoms with Gasteiger partial charge in [-0.1, -0.05) is 0 Å². The molecule has 22 heavy (non-hydrogen) atoms. The summed E-state index contributed by atoms with van der Waals surface area (Å²) in [7, 11) is 1.72. The molecule has 2 heterocycles. The van der Waals surface area contributed by atoms with E-state index >= 15 is 0 Å². The molecule has 0 spiro atoms. The number of rotatable bonds is 7. The van der Waals surface area contributed by atoms with Crippen molar-refractivity contribution in [2.24, 2.45) is 7.05 Å². The minimum Gasteiger partial charge on any atom is -0.461 e. The largest absolute Gasteiger partial charge is 0.461 e. The van der Waals surface area contributed by atoms with E-state index in [1.165, 1.54) is 0 Å². The van der Waals surface area contributed by atoms with Gasteiger partial charge in [-0.25, -0.2) is 4.79 Å². The third kappa shape index (κ3) is 4.32. The standard InChI is InChI=1S/C15H22N2O5/c1-3-21-15(19)14-12(6-7-17(14)2)16-13(18)10-20-9-11-5-4-8-22-11/h6-7,11H,3-5,8-10H2,1-2H3,(H,16,18)/t11-/m1/s1. The minimum absolute atomic E-state index is 0.0724. The Morgan fingerprint density at radius 3 is 3.00 bits per heavy atom. The van der Waals surface area contributed by atoms with Crippen molar-refractivity contribution in [3.05, 3.63) is 18.0 Å². The predicted octanol–water partition coefficient (Wildman–Crippen LogP) is 1.34. The molecule has 0 saturated carbocycles. The van der Waals surface area contributed by atoms with Crippen LogP contribution in [0.5, 0.6) is 0 Å². The van der Waals surface area contributed by atoms with Gasteiger partial charge in [-0.15, -0.1) is 0 Å². The average Bonchev–Trinajstić information content (AvgIpc) is 3.09. The Kier molecular flexibility index (Phi) is 5.97. The second-order valence-corrected chi connectivity index (χ2v) is 5.11. The summed E-state index contributed by atoms with van der Waals surface area (Å²) in [5, 5.41) is 2.67. The van der Waals surface area contributed by atoms with Crippen molar-refractivity contribution in [3.8, 4) is 0 Å². The van der Waals surface area contributed by atoms with Gasteiger partial charge in [0.15, 0.2) is 5.69 Å². The molecule has 1 aliphatic rings. The van der Waals surface area contributed by atoms with Crippen molar-refractivity contribution < 1.29 is 23.8 Å². The first kappa shape index (κ1) is 16.5. The van der Waals surface area contributed by atoms with Gasteiger partial charge in [0.25, 0.3) is 0 Å². The number of carbonyl (C=O) groups is 2. The number of anilines is 1. The van der Waals surface area contributed by atoms with Crippen LogP contribution in [0.4, 0.5) is 5.69 Å². The number of carbonyl (C=O) groups excluding carboxylic acids is 2. The number of nitrogens with one attached hydrogen (secondary N) is 1. The fraction of sp³-hybridized carbons (Fsp3) is 0.600. The summed E-state index contributed by atoms with van der Waals surface area (Å²) in [5.41, 5.74) is 0.737. The third-order valence-corrected chi connectivity index (χ3v) is 3.38. The second-order valence-electron chi connectivity index (χ2n) is 5.11. The number of hydrogen-bond acceptors (Lipinski definition) is 5. The first-order valence-electron chi connectivity index (χ1n) is 7.43. The predicted molar refractivity (Wildman–Crippen MR) is 79.8 cm³/mol. The van der Waals surface area contributed by atoms with Gasteiger partial charge < -0.3 is 24.1 Å². The van der Waals surface area contributed by atoms with Crippen LogP contribution in [0, 0.1) is 0 Å². The second kappa shape index (κ2) is 7.95. The van der Waals surface area contributed by atoms with E-state index in [0.717, 1.165) is 19.4 Å². The van der Waals surface area contributed by atoms with E-state index in [-0.39, 0.29) is 25.2 Å². The van der Waals surface area contributed by atoms with Crippen LogP contribution in [-0.4, -0.2) is 49.0 Å². The van der Waals surface area contributed by atoms with Gasteiger partial charge in [-0.3, -0.25) is 4.79 Å². The van der Waals surface area contributed by atoms with Gasteiger partial charge in [-0.2, -0.15) is 0 Å². The van der Waals surface area contributed by atoms with Gasteiger partial charge in [0.05, 0.1) is 25.0 Å². The molecule has 0 aliphatic carbocycles. The normalized spacial score (nSPS) is 17.5. The van der Waals surface area contributed by atoms with Crippen LogP contribution in [0.1, 0.15) is 30.3 Å². The van der Waals surface area contributed by atoms with Crippen LogP contribution < -0.4 is 5.32 Å². The Hall–Kier alpha value is -1.86. The van der Waals surface area contributed by atoms with Crippen LogP contribution >= 0.6 is 0 Å². The highest BCUT2D eigenvalue weighted by atomic mass is 16.5. The van der Waals surface area contributed by atoms with Gasteiger partial charge in [-0.05, 0) is 25.8 Å². The Morgan fingerprint density at radius 2 is 2.32 bits per heavy atom. The monoisotopic (exact) mass is 310 g/mol. The van der Waals surface area contributed by atoms with Crippen molar-refractivity contribution in [2.45, 2.75) is 25.9 Å². The van der Waals surface area contributed by atoms with Crippen LogP contribution in [-0.2, 0) is 26.1 Å². The van der Waals surface area contributed by atoms with Gasteiger partial charge in [0.2, 0.25) is 5.91 Å². The molecular weight excluding hydrogens is 288 g/mol. The molecule has 1 amide bonds. The zero-order chi connectivity index (χ0) is 15.9. The molecule has 1 atom stereocenters. The van der Waals surface area contributed by atoms with Gasteiger partial charge in [0.1, 0.15) is 6.61 Å². The highest BCUT2D eigenvalue weighted by Gasteiger charge is 2.19. The number of amides is 1. The third-order valence-electron chi connectivity index (χ3n) is 3.38. The first-order valence-corrected chi connectivity index (χ1v) is 7.43. The molecule has 122 valence electrons. The molecule has 0 unspecified atom stereocenters. The lowest BCUT2D eigenvalue weighted by atomic mass is 10.2. The first-order chi connectivity index (χ1) is 10.6. The van der Waals surface area contributed by atoms with E-state index < -0.39 is 5.97 Å². The topological polar surface area (TPSA) is 78.8 Å². The van der Waals surface area contributed by atoms with E-state index in [0.29, 0.717) is 18.0 Å². The van der Waals surface area contributed by atoms with Crippen LogP contribution in [0.15, 0.2) is 12.3 Å². The molecule has 2 rings (SSSR count). The van der Waals surface area contributed by atoms with E-state index in [9.17, 15) is 9.59 Å². The summed E-state index contributed by atoms with van der Waals surface area (Å²) in [6.07, 6.45) is 3.77. The average molecular weight is 310 g/mol. The summed E-state index contributed by atoms with van der Waals surface area (Å²) in [6, 6.07) is 1.66. The smallest absolute Gasteiger partial charge is 0.357 e. The molecule has 0 radical (unpaired) electrons. The maximum absolute atomic E-state index is 11.9. The quantitative estimate of drug-likeness (QED) is 0.769. The lowest BCUT2D eigenvalue weighted by Crippen LogP contribution is -2.23. The lowest BCUT2D eigenvalue weighted by Gasteiger charge is -2.11. The highest BCUT2D eigenvalue weighted by Crippen LogP contribution is 2.17.